The van der Waals surface area contributed by atoms with E-state index in [4.69, 9.17) is 0 Å². The Labute approximate surface area is 117 Å². The Morgan fingerprint density at radius 2 is 2.05 bits per heavy atom. The number of hydrogen-bond acceptors (Lipinski definition) is 4. The Balaban J connectivity index is 2.57. The molecule has 106 valence electrons. The van der Waals surface area contributed by atoms with Gasteiger partial charge in [-0.1, -0.05) is 19.9 Å². The first-order chi connectivity index (χ1) is 9.06. The van der Waals surface area contributed by atoms with Crippen molar-refractivity contribution in [2.45, 2.75) is 19.9 Å². The van der Waals surface area contributed by atoms with E-state index >= 15 is 0 Å². The second-order valence-electron chi connectivity index (χ2n) is 4.57. The molecule has 6 heteroatoms. The quantitative estimate of drug-likeness (QED) is 0.649. The monoisotopic (exact) mass is 283 g/mol. The molecule has 1 unspecified atom stereocenters. The number of carbonyl (C=O) groups excluding carboxylic acids is 2. The van der Waals surface area contributed by atoms with E-state index in [1.54, 1.807) is 6.07 Å². The number of amides is 2. The van der Waals surface area contributed by atoms with Gasteiger partial charge >= 0.3 is 0 Å². The van der Waals surface area contributed by atoms with Gasteiger partial charge in [0.25, 0.3) is 5.91 Å². The van der Waals surface area contributed by atoms with Crippen LogP contribution >= 0.6 is 11.3 Å². The van der Waals surface area contributed by atoms with E-state index in [0.717, 1.165) is 0 Å². The predicted molar refractivity (Wildman–Crippen MR) is 77.3 cm³/mol. The smallest absolute Gasteiger partial charge is 0.262 e. The van der Waals surface area contributed by atoms with Gasteiger partial charge in [-0.2, -0.15) is 0 Å². The molecule has 0 saturated heterocycles. The number of rotatable bonds is 7. The average molecular weight is 283 g/mol. The third-order valence-corrected chi connectivity index (χ3v) is 3.52. The van der Waals surface area contributed by atoms with Gasteiger partial charge in [0.1, 0.15) is 6.04 Å². The lowest BCUT2D eigenvalue weighted by Gasteiger charge is -2.21. The van der Waals surface area contributed by atoms with E-state index in [2.05, 4.69) is 16.0 Å². The van der Waals surface area contributed by atoms with Gasteiger partial charge in [0.15, 0.2) is 0 Å². The molecule has 1 aromatic rings. The molecule has 0 fully saturated rings. The van der Waals surface area contributed by atoms with Crippen molar-refractivity contribution in [3.05, 3.63) is 22.4 Å². The average Bonchev–Trinajstić information content (AvgIpc) is 2.89. The number of nitrogens with one attached hydrogen (secondary N) is 3. The fourth-order valence-corrected chi connectivity index (χ4v) is 2.20. The molecule has 1 rings (SSSR count). The van der Waals surface area contributed by atoms with Gasteiger partial charge in [-0.25, -0.2) is 0 Å². The van der Waals surface area contributed by atoms with Crippen LogP contribution in [0.1, 0.15) is 23.5 Å². The molecule has 0 aliphatic heterocycles. The fourth-order valence-electron chi connectivity index (χ4n) is 1.58. The van der Waals surface area contributed by atoms with Crippen molar-refractivity contribution < 1.29 is 9.59 Å². The second-order valence-corrected chi connectivity index (χ2v) is 5.51. The van der Waals surface area contributed by atoms with Crippen LogP contribution in [-0.2, 0) is 4.79 Å². The minimum Gasteiger partial charge on any atom is -0.353 e. The van der Waals surface area contributed by atoms with E-state index in [9.17, 15) is 9.59 Å². The zero-order valence-corrected chi connectivity index (χ0v) is 12.3. The lowest BCUT2D eigenvalue weighted by Crippen LogP contribution is -2.50. The number of thiophene rings is 1. The van der Waals surface area contributed by atoms with E-state index < -0.39 is 6.04 Å². The molecule has 1 aromatic heterocycles. The Morgan fingerprint density at radius 1 is 1.32 bits per heavy atom. The molecule has 0 radical (unpaired) electrons. The van der Waals surface area contributed by atoms with Gasteiger partial charge in [0.2, 0.25) is 5.91 Å². The van der Waals surface area contributed by atoms with Crippen LogP contribution in [0.15, 0.2) is 17.5 Å². The van der Waals surface area contributed by atoms with Crippen molar-refractivity contribution in [1.29, 1.82) is 0 Å². The van der Waals surface area contributed by atoms with E-state index in [1.165, 1.54) is 11.3 Å². The first kappa shape index (κ1) is 15.7. The van der Waals surface area contributed by atoms with E-state index in [1.807, 2.05) is 32.3 Å². The summed E-state index contributed by atoms with van der Waals surface area (Å²) in [5, 5.41) is 10.4. The molecule has 1 heterocycles. The molecule has 0 saturated carbocycles. The maximum Gasteiger partial charge on any atom is 0.262 e. The van der Waals surface area contributed by atoms with Crippen LogP contribution in [0.4, 0.5) is 0 Å². The molecule has 0 aliphatic carbocycles. The molecule has 2 amide bonds. The summed E-state index contributed by atoms with van der Waals surface area (Å²) in [6.45, 7) is 5.08. The third-order valence-electron chi connectivity index (χ3n) is 2.65. The van der Waals surface area contributed by atoms with Gasteiger partial charge < -0.3 is 16.0 Å². The first-order valence-corrected chi connectivity index (χ1v) is 7.21. The largest absolute Gasteiger partial charge is 0.353 e. The predicted octanol–water partition coefficient (Wildman–Crippen LogP) is 0.838. The molecule has 1 atom stereocenters. The minimum absolute atomic E-state index is 0.0403. The Kier molecular flexibility index (Phi) is 6.52. The minimum atomic E-state index is -0.508. The highest BCUT2D eigenvalue weighted by atomic mass is 32.1. The number of hydrogen-bond donors (Lipinski definition) is 3. The van der Waals surface area contributed by atoms with Crippen LogP contribution in [0.25, 0.3) is 0 Å². The summed E-state index contributed by atoms with van der Waals surface area (Å²) in [4.78, 5) is 24.6. The van der Waals surface area contributed by atoms with Crippen LogP contribution in [0.3, 0.4) is 0 Å². The van der Waals surface area contributed by atoms with Gasteiger partial charge in [-0.05, 0) is 24.4 Å². The standard InChI is InChI=1S/C13H21N3O2S/c1-9(2)11(13(18)15-7-6-14-3)16-12(17)10-5-4-8-19-10/h4-5,8-9,11,14H,6-7H2,1-3H3,(H,15,18)(H,16,17). The Bertz CT molecular complexity index is 404. The van der Waals surface area contributed by atoms with E-state index in [-0.39, 0.29) is 17.7 Å². The highest BCUT2D eigenvalue weighted by Crippen LogP contribution is 2.10. The van der Waals surface area contributed by atoms with Crippen molar-refractivity contribution in [2.75, 3.05) is 20.1 Å². The molecule has 3 N–H and O–H groups in total. The van der Waals surface area contributed by atoms with Crippen molar-refractivity contribution in [1.82, 2.24) is 16.0 Å². The maximum absolute atomic E-state index is 12.0. The molecule has 0 bridgehead atoms. The van der Waals surface area contributed by atoms with Crippen LogP contribution in [-0.4, -0.2) is 38.0 Å². The second kappa shape index (κ2) is 7.91. The molecular formula is C13H21N3O2S. The van der Waals surface area contributed by atoms with Crippen molar-refractivity contribution in [3.8, 4) is 0 Å². The first-order valence-electron chi connectivity index (χ1n) is 6.33. The summed E-state index contributed by atoms with van der Waals surface area (Å²) in [5.74, 6) is -0.300. The zero-order valence-electron chi connectivity index (χ0n) is 11.5. The van der Waals surface area contributed by atoms with Crippen LogP contribution in [0, 0.1) is 5.92 Å². The van der Waals surface area contributed by atoms with Crippen LogP contribution in [0.2, 0.25) is 0 Å². The highest BCUT2D eigenvalue weighted by molar-refractivity contribution is 7.12. The number of likely N-dealkylation sites (N-methyl/N-ethyl adjacent to an activating group) is 1. The summed E-state index contributed by atoms with van der Waals surface area (Å²) < 4.78 is 0. The molecule has 0 aliphatic rings. The highest BCUT2D eigenvalue weighted by Gasteiger charge is 2.24. The summed E-state index contributed by atoms with van der Waals surface area (Å²) in [5.41, 5.74) is 0. The molecule has 19 heavy (non-hydrogen) atoms. The molecule has 5 nitrogen and oxygen atoms in total. The normalized spacial score (nSPS) is 12.2. The summed E-state index contributed by atoms with van der Waals surface area (Å²) in [7, 11) is 1.82. The van der Waals surface area contributed by atoms with Gasteiger partial charge in [0.05, 0.1) is 4.88 Å². The SMILES string of the molecule is CNCCNC(=O)C(NC(=O)c1cccs1)C(C)C. The summed E-state index contributed by atoms with van der Waals surface area (Å²) >= 11 is 1.36. The topological polar surface area (TPSA) is 70.2 Å². The van der Waals surface area contributed by atoms with Crippen molar-refractivity contribution in [2.24, 2.45) is 5.92 Å². The van der Waals surface area contributed by atoms with Gasteiger partial charge in [-0.15, -0.1) is 11.3 Å². The lowest BCUT2D eigenvalue weighted by atomic mass is 10.0. The van der Waals surface area contributed by atoms with Crippen LogP contribution < -0.4 is 16.0 Å². The van der Waals surface area contributed by atoms with Gasteiger partial charge in [0, 0.05) is 13.1 Å². The van der Waals surface area contributed by atoms with E-state index in [0.29, 0.717) is 18.0 Å². The van der Waals surface area contributed by atoms with Crippen molar-refractivity contribution >= 4 is 23.2 Å². The molecular weight excluding hydrogens is 262 g/mol. The zero-order chi connectivity index (χ0) is 14.3. The summed E-state index contributed by atoms with van der Waals surface area (Å²) in [6.07, 6.45) is 0. The summed E-state index contributed by atoms with van der Waals surface area (Å²) in [6, 6.07) is 3.05. The Morgan fingerprint density at radius 3 is 2.58 bits per heavy atom. The molecule has 0 spiro atoms. The molecule has 0 aromatic carbocycles. The Hall–Kier alpha value is -1.40. The van der Waals surface area contributed by atoms with Gasteiger partial charge in [-0.3, -0.25) is 9.59 Å². The third kappa shape index (κ3) is 5.00. The van der Waals surface area contributed by atoms with Crippen LogP contribution in [0.5, 0.6) is 0 Å². The lowest BCUT2D eigenvalue weighted by molar-refractivity contribution is -0.123. The fraction of sp³-hybridized carbons (Fsp3) is 0.538. The van der Waals surface area contributed by atoms with Crippen molar-refractivity contribution in [3.63, 3.8) is 0 Å². The number of carbonyl (C=O) groups is 2. The maximum atomic E-state index is 12.0.